The first-order valence-corrected chi connectivity index (χ1v) is 7.06. The molecule has 0 aliphatic rings. The van der Waals surface area contributed by atoms with E-state index in [1.54, 1.807) is 12.4 Å². The molecule has 1 radical (unpaired) electrons. The molecule has 22 heavy (non-hydrogen) atoms. The van der Waals surface area contributed by atoms with Gasteiger partial charge in [-0.05, 0) is 31.2 Å². The molecular formula is C15H17CuN5S+2. The maximum absolute atomic E-state index is 4.30. The van der Waals surface area contributed by atoms with Crippen LogP contribution in [0, 0.1) is 6.92 Å². The third kappa shape index (κ3) is 6.87. The van der Waals surface area contributed by atoms with Gasteiger partial charge in [0.2, 0.25) is 0 Å². The van der Waals surface area contributed by atoms with Crippen LogP contribution in [-0.2, 0) is 35.7 Å². The van der Waals surface area contributed by atoms with Crippen molar-refractivity contribution in [1.82, 2.24) is 15.3 Å². The SMILES string of the molecule is Cc1cccc(C=N[N-]C(=[SH+])NCCc2ccccn2)n1.[Cu+2]. The van der Waals surface area contributed by atoms with Gasteiger partial charge in [-0.25, -0.2) is 0 Å². The number of hydrogen-bond acceptors (Lipinski definition) is 3. The van der Waals surface area contributed by atoms with Crippen molar-refractivity contribution in [3.8, 4) is 0 Å². The van der Waals surface area contributed by atoms with Crippen molar-refractivity contribution < 1.29 is 17.1 Å². The number of aryl methyl sites for hydroxylation is 1. The molecule has 1 N–H and O–H groups in total. The van der Waals surface area contributed by atoms with Gasteiger partial charge in [0.05, 0.1) is 5.69 Å². The van der Waals surface area contributed by atoms with E-state index in [2.05, 4.69) is 38.0 Å². The number of nitrogens with zero attached hydrogens (tertiary/aromatic N) is 4. The number of rotatable bonds is 5. The Morgan fingerprint density at radius 3 is 2.91 bits per heavy atom. The molecule has 0 bridgehead atoms. The molecule has 7 heteroatoms. The molecule has 0 unspecified atom stereocenters. The van der Waals surface area contributed by atoms with Crippen molar-refractivity contribution in [2.24, 2.45) is 5.10 Å². The monoisotopic (exact) mass is 362 g/mol. The predicted octanol–water partition coefficient (Wildman–Crippen LogP) is 1.69. The summed E-state index contributed by atoms with van der Waals surface area (Å²) in [5, 5.41) is 7.49. The van der Waals surface area contributed by atoms with Gasteiger partial charge in [0, 0.05) is 36.8 Å². The largest absolute Gasteiger partial charge is 2.00 e. The van der Waals surface area contributed by atoms with Crippen molar-refractivity contribution in [1.29, 1.82) is 0 Å². The van der Waals surface area contributed by atoms with Crippen molar-refractivity contribution in [3.63, 3.8) is 0 Å². The smallest absolute Gasteiger partial charge is 0.515 e. The van der Waals surface area contributed by atoms with E-state index in [1.165, 1.54) is 0 Å². The standard InChI is InChI=1S/C15H17N5S.Cu/c1-12-5-4-7-14(19-12)11-18-20-15(21)17-10-8-13-6-2-3-9-16-13;/h2-7,9,11H,8,10H2,1H3,(H2,17,19,20,21);/q;+2. The Morgan fingerprint density at radius 1 is 1.32 bits per heavy atom. The average molecular weight is 363 g/mol. The molecule has 0 atom stereocenters. The second-order valence-electron chi connectivity index (χ2n) is 4.37. The van der Waals surface area contributed by atoms with E-state index in [9.17, 15) is 0 Å². The van der Waals surface area contributed by atoms with Gasteiger partial charge in [-0.1, -0.05) is 12.1 Å². The molecule has 2 aromatic rings. The normalized spacial score (nSPS) is 10.2. The van der Waals surface area contributed by atoms with Crippen molar-refractivity contribution in [3.05, 3.63) is 65.1 Å². The van der Waals surface area contributed by atoms with Crippen LogP contribution in [-0.4, -0.2) is 27.8 Å². The van der Waals surface area contributed by atoms with Gasteiger partial charge >= 0.3 is 17.1 Å². The Bertz CT molecular complexity index is 618. The first-order valence-electron chi connectivity index (χ1n) is 6.61. The zero-order valence-electron chi connectivity index (χ0n) is 12.1. The zero-order chi connectivity index (χ0) is 14.9. The van der Waals surface area contributed by atoms with Crippen LogP contribution in [0.2, 0.25) is 0 Å². The summed E-state index contributed by atoms with van der Waals surface area (Å²) in [6.45, 7) is 2.64. The third-order valence-electron chi connectivity index (χ3n) is 2.64. The summed E-state index contributed by atoms with van der Waals surface area (Å²) >= 11 is 4.23. The number of pyridine rings is 2. The summed E-state index contributed by atoms with van der Waals surface area (Å²) in [7, 11) is 0. The van der Waals surface area contributed by atoms with Crippen LogP contribution in [0.5, 0.6) is 0 Å². The van der Waals surface area contributed by atoms with E-state index in [0.29, 0.717) is 11.7 Å². The fourth-order valence-electron chi connectivity index (χ4n) is 1.66. The Morgan fingerprint density at radius 2 is 2.18 bits per heavy atom. The Hall–Kier alpha value is -1.66. The molecule has 0 fully saturated rings. The van der Waals surface area contributed by atoms with Crippen molar-refractivity contribution in [2.75, 3.05) is 6.54 Å². The molecule has 0 spiro atoms. The maximum atomic E-state index is 4.30. The van der Waals surface area contributed by atoms with E-state index in [-0.39, 0.29) is 17.1 Å². The minimum absolute atomic E-state index is 0. The summed E-state index contributed by atoms with van der Waals surface area (Å²) in [5.74, 6) is 0. The van der Waals surface area contributed by atoms with Gasteiger partial charge in [-0.2, -0.15) is 0 Å². The molecule has 0 aliphatic heterocycles. The molecule has 0 saturated carbocycles. The molecular weight excluding hydrogens is 346 g/mol. The summed E-state index contributed by atoms with van der Waals surface area (Å²) in [5.41, 5.74) is 6.70. The number of nitrogens with one attached hydrogen (secondary N) is 1. The molecule has 0 aromatic carbocycles. The fraction of sp³-hybridized carbons (Fsp3) is 0.200. The van der Waals surface area contributed by atoms with Crippen LogP contribution in [0.4, 0.5) is 0 Å². The molecule has 0 amide bonds. The number of aromatic nitrogens is 2. The van der Waals surface area contributed by atoms with Crippen LogP contribution in [0.15, 0.2) is 47.7 Å². The minimum Gasteiger partial charge on any atom is -0.515 e. The molecule has 117 valence electrons. The zero-order valence-corrected chi connectivity index (χ0v) is 13.9. The van der Waals surface area contributed by atoms with E-state index in [0.717, 1.165) is 23.5 Å². The quantitative estimate of drug-likeness (QED) is 0.220. The van der Waals surface area contributed by atoms with Crippen LogP contribution < -0.4 is 5.32 Å². The van der Waals surface area contributed by atoms with E-state index >= 15 is 0 Å². The van der Waals surface area contributed by atoms with Crippen LogP contribution in [0.3, 0.4) is 0 Å². The molecule has 2 rings (SSSR count). The summed E-state index contributed by atoms with van der Waals surface area (Å²) in [6.07, 6.45) is 4.19. The third-order valence-corrected chi connectivity index (χ3v) is 2.89. The maximum Gasteiger partial charge on any atom is 2.00 e. The Kier molecular flexibility index (Phi) is 8.47. The van der Waals surface area contributed by atoms with Gasteiger partial charge < -0.3 is 10.5 Å². The van der Waals surface area contributed by atoms with E-state index < -0.39 is 0 Å². The van der Waals surface area contributed by atoms with Gasteiger partial charge in [-0.3, -0.25) is 15.3 Å². The first-order chi connectivity index (χ1) is 10.2. The fourth-order valence-corrected chi connectivity index (χ4v) is 1.83. The number of hydrogen-bond donors (Lipinski definition) is 1. The Balaban J connectivity index is 0.00000242. The van der Waals surface area contributed by atoms with Crippen LogP contribution in [0.25, 0.3) is 5.43 Å². The first kappa shape index (κ1) is 18.4. The molecule has 0 saturated heterocycles. The summed E-state index contributed by atoms with van der Waals surface area (Å²) in [6, 6.07) is 11.6. The predicted molar refractivity (Wildman–Crippen MR) is 89.6 cm³/mol. The molecule has 5 nitrogen and oxygen atoms in total. The second kappa shape index (κ2) is 10.1. The van der Waals surface area contributed by atoms with Gasteiger partial charge in [-0.15, -0.1) is 0 Å². The van der Waals surface area contributed by atoms with Gasteiger partial charge in [0.1, 0.15) is 0 Å². The van der Waals surface area contributed by atoms with Crippen molar-refractivity contribution in [2.45, 2.75) is 13.3 Å². The van der Waals surface area contributed by atoms with Crippen LogP contribution in [0.1, 0.15) is 17.1 Å². The van der Waals surface area contributed by atoms with Crippen LogP contribution >= 0.6 is 0 Å². The molecule has 0 aliphatic carbocycles. The summed E-state index contributed by atoms with van der Waals surface area (Å²) in [4.78, 5) is 8.54. The van der Waals surface area contributed by atoms with E-state index in [1.807, 2.05) is 43.3 Å². The Labute approximate surface area is 146 Å². The molecule has 2 aromatic heterocycles. The topological polar surface area (TPSA) is 64.3 Å². The van der Waals surface area contributed by atoms with Gasteiger partial charge in [0.15, 0.2) is 17.3 Å². The van der Waals surface area contributed by atoms with E-state index in [4.69, 9.17) is 0 Å². The average Bonchev–Trinajstić information content (AvgIpc) is 2.48. The summed E-state index contributed by atoms with van der Waals surface area (Å²) < 4.78 is 0. The minimum atomic E-state index is 0. The number of thiol groups is 1. The molecule has 2 heterocycles. The van der Waals surface area contributed by atoms with Crippen molar-refractivity contribution >= 4 is 23.5 Å². The van der Waals surface area contributed by atoms with Gasteiger partial charge in [0.25, 0.3) is 0 Å². The second-order valence-corrected chi connectivity index (χ2v) is 4.79.